The van der Waals surface area contributed by atoms with Crippen LogP contribution < -0.4 is 11.1 Å². The van der Waals surface area contributed by atoms with Crippen LogP contribution in [0.1, 0.15) is 15.9 Å². The van der Waals surface area contributed by atoms with Crippen molar-refractivity contribution in [3.63, 3.8) is 0 Å². The van der Waals surface area contributed by atoms with Gasteiger partial charge in [-0.15, -0.1) is 0 Å². The van der Waals surface area contributed by atoms with E-state index < -0.39 is 24.8 Å². The van der Waals surface area contributed by atoms with Crippen LogP contribution in [0.15, 0.2) is 24.3 Å². The van der Waals surface area contributed by atoms with E-state index >= 15 is 0 Å². The molecule has 1 aromatic carbocycles. The molecule has 0 saturated heterocycles. The molecule has 0 fully saturated rings. The highest BCUT2D eigenvalue weighted by Crippen LogP contribution is 2.21. The smallest absolute Gasteiger partial charge is 0.324 e. The zero-order chi connectivity index (χ0) is 15.2. The molecule has 0 unspecified atom stereocenters. The molecule has 1 aromatic rings. The first-order valence-electron chi connectivity index (χ1n) is 5.60. The van der Waals surface area contributed by atoms with Gasteiger partial charge < -0.3 is 11.1 Å². The van der Waals surface area contributed by atoms with Crippen molar-refractivity contribution in [2.45, 2.75) is 12.3 Å². The lowest BCUT2D eigenvalue weighted by Gasteiger charge is -2.15. The second kappa shape index (κ2) is 6.91. The van der Waals surface area contributed by atoms with Gasteiger partial charge in [0, 0.05) is 11.1 Å². The lowest BCUT2D eigenvalue weighted by Crippen LogP contribution is -2.41. The first-order valence-corrected chi connectivity index (χ1v) is 5.60. The van der Waals surface area contributed by atoms with Crippen molar-refractivity contribution in [1.82, 2.24) is 5.32 Å². The molecule has 0 radical (unpaired) electrons. The summed E-state index contributed by atoms with van der Waals surface area (Å²) in [7, 11) is 0. The molecule has 1 amide bonds. The van der Waals surface area contributed by atoms with Crippen LogP contribution in [0.2, 0.25) is 0 Å². The average Bonchev–Trinajstić information content (AvgIpc) is 2.43. The van der Waals surface area contributed by atoms with Crippen LogP contribution in [0.25, 0.3) is 0 Å². The van der Waals surface area contributed by atoms with E-state index in [1.807, 2.05) is 0 Å². The van der Waals surface area contributed by atoms with Crippen LogP contribution in [0.5, 0.6) is 0 Å². The van der Waals surface area contributed by atoms with Gasteiger partial charge in [0.2, 0.25) is 0 Å². The molecule has 3 N–H and O–H groups in total. The average molecular weight is 288 g/mol. The molecule has 0 aliphatic rings. The molecule has 0 aliphatic carbocycles. The summed E-state index contributed by atoms with van der Waals surface area (Å²) in [5.41, 5.74) is 5.87. The van der Waals surface area contributed by atoms with Crippen molar-refractivity contribution in [1.29, 1.82) is 0 Å². The van der Waals surface area contributed by atoms with Crippen LogP contribution in [0, 0.1) is 11.8 Å². The fourth-order valence-corrected chi connectivity index (χ4v) is 1.24. The number of amides is 1. The highest BCUT2D eigenvalue weighted by molar-refractivity contribution is 5.94. The van der Waals surface area contributed by atoms with Gasteiger partial charge in [-0.05, 0) is 24.3 Å². The summed E-state index contributed by atoms with van der Waals surface area (Å²) >= 11 is 0. The molecule has 1 rings (SSSR count). The van der Waals surface area contributed by atoms with E-state index in [1.165, 1.54) is 24.3 Å². The number of nitrogens with one attached hydrogen (secondary N) is 1. The van der Waals surface area contributed by atoms with Crippen molar-refractivity contribution < 1.29 is 22.4 Å². The Morgan fingerprint density at radius 1 is 1.30 bits per heavy atom. The lowest BCUT2D eigenvalue weighted by molar-refractivity contribution is -0.123. The van der Waals surface area contributed by atoms with Gasteiger partial charge in [-0.25, -0.2) is 8.78 Å². The van der Waals surface area contributed by atoms with Crippen LogP contribution in [-0.2, 0) is 0 Å². The van der Waals surface area contributed by atoms with Crippen molar-refractivity contribution in [3.05, 3.63) is 35.4 Å². The maximum Gasteiger partial charge on any atom is 0.324 e. The highest BCUT2D eigenvalue weighted by atomic mass is 19.3. The molecule has 0 heterocycles. The molecule has 0 atom stereocenters. The van der Waals surface area contributed by atoms with Crippen molar-refractivity contribution in [2.24, 2.45) is 5.73 Å². The van der Waals surface area contributed by atoms with Gasteiger partial charge in [0.1, 0.15) is 0 Å². The Balaban J connectivity index is 2.65. The Hall–Kier alpha value is -2.07. The highest BCUT2D eigenvalue weighted by Gasteiger charge is 2.40. The number of halogens is 4. The van der Waals surface area contributed by atoms with Gasteiger partial charge in [0.05, 0.1) is 13.1 Å². The molecule has 0 spiro atoms. The van der Waals surface area contributed by atoms with E-state index in [9.17, 15) is 22.4 Å². The monoisotopic (exact) mass is 288 g/mol. The number of rotatable bonds is 4. The van der Waals surface area contributed by atoms with Gasteiger partial charge >= 0.3 is 12.3 Å². The SMILES string of the molecule is NCC#Cc1ccc(C(=O)NCC(F)(F)C(F)F)cc1. The van der Waals surface area contributed by atoms with E-state index in [1.54, 1.807) is 5.32 Å². The Kier molecular flexibility index (Phi) is 5.53. The molecule has 0 bridgehead atoms. The minimum absolute atomic E-state index is 0.0772. The van der Waals surface area contributed by atoms with Crippen LogP contribution >= 0.6 is 0 Å². The summed E-state index contributed by atoms with van der Waals surface area (Å²) < 4.78 is 49.1. The summed E-state index contributed by atoms with van der Waals surface area (Å²) in [6, 6.07) is 5.72. The Morgan fingerprint density at radius 3 is 2.40 bits per heavy atom. The van der Waals surface area contributed by atoms with E-state index in [2.05, 4.69) is 11.8 Å². The molecule has 108 valence electrons. The number of benzene rings is 1. The summed E-state index contributed by atoms with van der Waals surface area (Å²) in [4.78, 5) is 11.5. The number of carbonyl (C=O) groups is 1. The first-order chi connectivity index (χ1) is 9.36. The predicted molar refractivity (Wildman–Crippen MR) is 65.7 cm³/mol. The van der Waals surface area contributed by atoms with E-state index in [4.69, 9.17) is 5.73 Å². The zero-order valence-corrected chi connectivity index (χ0v) is 10.3. The topological polar surface area (TPSA) is 55.1 Å². The Bertz CT molecular complexity index is 517. The quantitative estimate of drug-likeness (QED) is 0.653. The Morgan fingerprint density at radius 2 is 1.90 bits per heavy atom. The fourth-order valence-electron chi connectivity index (χ4n) is 1.24. The first kappa shape index (κ1) is 16.0. The fraction of sp³-hybridized carbons (Fsp3) is 0.308. The molecule has 3 nitrogen and oxygen atoms in total. The summed E-state index contributed by atoms with van der Waals surface area (Å²) in [6.07, 6.45) is -3.82. The maximum atomic E-state index is 12.6. The molecule has 0 saturated carbocycles. The van der Waals surface area contributed by atoms with Gasteiger partial charge in [-0.2, -0.15) is 8.78 Å². The normalized spacial score (nSPS) is 10.9. The third-order valence-electron chi connectivity index (χ3n) is 2.29. The van der Waals surface area contributed by atoms with Crippen LogP contribution in [0.3, 0.4) is 0 Å². The number of nitrogens with two attached hydrogens (primary N) is 1. The van der Waals surface area contributed by atoms with Gasteiger partial charge in [0.25, 0.3) is 5.91 Å². The van der Waals surface area contributed by atoms with Crippen molar-refractivity contribution in [2.75, 3.05) is 13.1 Å². The van der Waals surface area contributed by atoms with Gasteiger partial charge in [0.15, 0.2) is 0 Å². The minimum Gasteiger partial charge on any atom is -0.346 e. The molecule has 0 aliphatic heterocycles. The van der Waals surface area contributed by atoms with Crippen molar-refractivity contribution in [3.8, 4) is 11.8 Å². The second-order valence-corrected chi connectivity index (χ2v) is 3.83. The molecule has 7 heteroatoms. The van der Waals surface area contributed by atoms with Gasteiger partial charge in [-0.1, -0.05) is 11.8 Å². The van der Waals surface area contributed by atoms with Crippen molar-refractivity contribution >= 4 is 5.91 Å². The summed E-state index contributed by atoms with van der Waals surface area (Å²) in [6.45, 7) is -1.23. The Labute approximate surface area is 113 Å². The van der Waals surface area contributed by atoms with E-state index in [-0.39, 0.29) is 12.1 Å². The molecule has 0 aromatic heterocycles. The van der Waals surface area contributed by atoms with Crippen LogP contribution in [0.4, 0.5) is 17.6 Å². The molecule has 20 heavy (non-hydrogen) atoms. The number of hydrogen-bond donors (Lipinski definition) is 2. The van der Waals surface area contributed by atoms with Gasteiger partial charge in [-0.3, -0.25) is 4.79 Å². The molecular formula is C13H12F4N2O. The largest absolute Gasteiger partial charge is 0.346 e. The minimum atomic E-state index is -4.25. The third kappa shape index (κ3) is 4.55. The van der Waals surface area contributed by atoms with Crippen LogP contribution in [-0.4, -0.2) is 31.3 Å². The number of carbonyl (C=O) groups excluding carboxylic acids is 1. The third-order valence-corrected chi connectivity index (χ3v) is 2.29. The number of alkyl halides is 4. The number of hydrogen-bond acceptors (Lipinski definition) is 2. The van der Waals surface area contributed by atoms with E-state index in [0.29, 0.717) is 5.56 Å². The summed E-state index contributed by atoms with van der Waals surface area (Å²) in [5, 5.41) is 1.76. The summed E-state index contributed by atoms with van der Waals surface area (Å²) in [5.74, 6) is 0.216. The maximum absolute atomic E-state index is 12.6. The molecular weight excluding hydrogens is 276 g/mol. The zero-order valence-electron chi connectivity index (χ0n) is 10.3. The standard InChI is InChI=1S/C13H12F4N2O/c14-12(15)13(16,17)8-19-11(20)10-5-3-9(4-6-10)2-1-7-18/h3-6,12H,7-8,18H2,(H,19,20). The van der Waals surface area contributed by atoms with E-state index in [0.717, 1.165) is 0 Å². The predicted octanol–water partition coefficient (Wildman–Crippen LogP) is 1.63. The second-order valence-electron chi connectivity index (χ2n) is 3.83. The lowest BCUT2D eigenvalue weighted by atomic mass is 10.1.